The van der Waals surface area contributed by atoms with E-state index in [0.29, 0.717) is 6.29 Å². The maximum atomic E-state index is 12.9. The smallest absolute Gasteiger partial charge is 0.162 e. The van der Waals surface area contributed by atoms with Crippen LogP contribution < -0.4 is 4.74 Å². The van der Waals surface area contributed by atoms with Gasteiger partial charge < -0.3 is 4.74 Å². The number of hydrogen-bond donors (Lipinski definition) is 0. The molecule has 2 aromatic rings. The van der Waals surface area contributed by atoms with Crippen LogP contribution in [0.15, 0.2) is 36.4 Å². The van der Waals surface area contributed by atoms with E-state index < -0.39 is 17.5 Å². The molecule has 2 nitrogen and oxygen atoms in total. The van der Waals surface area contributed by atoms with Crippen LogP contribution in [0.2, 0.25) is 0 Å². The molecule has 0 N–H and O–H groups in total. The van der Waals surface area contributed by atoms with E-state index in [4.69, 9.17) is 4.74 Å². The van der Waals surface area contributed by atoms with Crippen molar-refractivity contribution in [3.05, 3.63) is 59.4 Å². The summed E-state index contributed by atoms with van der Waals surface area (Å²) >= 11 is 0. The van der Waals surface area contributed by atoms with Crippen LogP contribution in [-0.4, -0.2) is 6.29 Å². The highest BCUT2D eigenvalue weighted by Crippen LogP contribution is 2.26. The summed E-state index contributed by atoms with van der Waals surface area (Å²) in [7, 11) is 0. The Hall–Kier alpha value is -2.30. The second kappa shape index (κ2) is 4.91. The highest BCUT2D eigenvalue weighted by molar-refractivity contribution is 5.79. The minimum atomic E-state index is -1.07. The Morgan fingerprint density at radius 2 is 1.72 bits per heavy atom. The van der Waals surface area contributed by atoms with Crippen molar-refractivity contribution in [1.82, 2.24) is 0 Å². The Morgan fingerprint density at radius 3 is 2.39 bits per heavy atom. The molecule has 0 atom stereocenters. The molecule has 0 amide bonds. The van der Waals surface area contributed by atoms with Gasteiger partial charge in [0.25, 0.3) is 0 Å². The number of aldehydes is 1. The quantitative estimate of drug-likeness (QED) is 0.778. The van der Waals surface area contributed by atoms with Crippen molar-refractivity contribution in [3.8, 4) is 11.5 Å². The lowest BCUT2D eigenvalue weighted by Crippen LogP contribution is -1.93. The average molecular weight is 252 g/mol. The van der Waals surface area contributed by atoms with Crippen molar-refractivity contribution in [3.63, 3.8) is 0 Å². The molecular weight excluding hydrogens is 245 g/mol. The van der Waals surface area contributed by atoms with E-state index in [9.17, 15) is 18.0 Å². The predicted molar refractivity (Wildman–Crippen MR) is 58.2 cm³/mol. The van der Waals surface area contributed by atoms with Crippen LogP contribution in [0.5, 0.6) is 11.5 Å². The lowest BCUT2D eigenvalue weighted by atomic mass is 10.2. The molecule has 0 heterocycles. The molecule has 2 rings (SSSR count). The summed E-state index contributed by atoms with van der Waals surface area (Å²) in [5.74, 6) is -2.57. The fourth-order valence-electron chi connectivity index (χ4n) is 1.37. The zero-order chi connectivity index (χ0) is 13.1. The summed E-state index contributed by atoms with van der Waals surface area (Å²) in [4.78, 5) is 10.7. The first-order valence-corrected chi connectivity index (χ1v) is 4.98. The zero-order valence-corrected chi connectivity index (χ0v) is 8.99. The monoisotopic (exact) mass is 252 g/mol. The molecule has 18 heavy (non-hydrogen) atoms. The Kier molecular flexibility index (Phi) is 3.32. The minimum Gasteiger partial charge on any atom is -0.457 e. The van der Waals surface area contributed by atoms with Gasteiger partial charge in [0.2, 0.25) is 0 Å². The van der Waals surface area contributed by atoms with Gasteiger partial charge in [-0.3, -0.25) is 4.79 Å². The van der Waals surface area contributed by atoms with Gasteiger partial charge in [-0.15, -0.1) is 0 Å². The second-order valence-electron chi connectivity index (χ2n) is 3.48. The standard InChI is InChI=1S/C13H7F3O2/c14-9-1-4-13(8(5-9)7-17)18-10-2-3-11(15)12(16)6-10/h1-7H. The number of carbonyl (C=O) groups excluding carboxylic acids is 1. The zero-order valence-electron chi connectivity index (χ0n) is 8.99. The van der Waals surface area contributed by atoms with Crippen LogP contribution in [0, 0.1) is 17.5 Å². The minimum absolute atomic E-state index is 0.0141. The van der Waals surface area contributed by atoms with E-state index in [-0.39, 0.29) is 17.1 Å². The van der Waals surface area contributed by atoms with Gasteiger partial charge >= 0.3 is 0 Å². The third kappa shape index (κ3) is 2.51. The van der Waals surface area contributed by atoms with Gasteiger partial charge in [0.05, 0.1) is 5.56 Å². The number of halogens is 3. The molecule has 0 aliphatic rings. The molecule has 92 valence electrons. The van der Waals surface area contributed by atoms with E-state index in [1.807, 2.05) is 0 Å². The molecule has 0 fully saturated rings. The van der Waals surface area contributed by atoms with E-state index in [2.05, 4.69) is 0 Å². The summed E-state index contributed by atoms with van der Waals surface area (Å²) in [6.07, 6.45) is 0.415. The highest BCUT2D eigenvalue weighted by Gasteiger charge is 2.08. The van der Waals surface area contributed by atoms with Gasteiger partial charge in [-0.25, -0.2) is 13.2 Å². The Bertz CT molecular complexity index is 597. The van der Waals surface area contributed by atoms with E-state index in [1.54, 1.807) is 0 Å². The van der Waals surface area contributed by atoms with Crippen LogP contribution in [-0.2, 0) is 0 Å². The van der Waals surface area contributed by atoms with Crippen LogP contribution in [0.25, 0.3) is 0 Å². The fraction of sp³-hybridized carbons (Fsp3) is 0. The summed E-state index contributed by atoms with van der Waals surface area (Å²) in [5.41, 5.74) is -0.0141. The van der Waals surface area contributed by atoms with Gasteiger partial charge in [-0.1, -0.05) is 0 Å². The second-order valence-corrected chi connectivity index (χ2v) is 3.48. The van der Waals surface area contributed by atoms with E-state index in [0.717, 1.165) is 24.3 Å². The van der Waals surface area contributed by atoms with Gasteiger partial charge in [0, 0.05) is 6.07 Å². The highest BCUT2D eigenvalue weighted by atomic mass is 19.2. The van der Waals surface area contributed by atoms with E-state index >= 15 is 0 Å². The van der Waals surface area contributed by atoms with Crippen molar-refractivity contribution < 1.29 is 22.7 Å². The predicted octanol–water partition coefficient (Wildman–Crippen LogP) is 3.71. The van der Waals surface area contributed by atoms with E-state index in [1.165, 1.54) is 12.1 Å². The van der Waals surface area contributed by atoms with Gasteiger partial charge in [-0.2, -0.15) is 0 Å². The van der Waals surface area contributed by atoms with Crippen molar-refractivity contribution >= 4 is 6.29 Å². The number of ether oxygens (including phenoxy) is 1. The van der Waals surface area contributed by atoms with Crippen molar-refractivity contribution in [1.29, 1.82) is 0 Å². The largest absolute Gasteiger partial charge is 0.457 e. The maximum absolute atomic E-state index is 12.9. The number of carbonyl (C=O) groups is 1. The maximum Gasteiger partial charge on any atom is 0.162 e. The van der Waals surface area contributed by atoms with Crippen molar-refractivity contribution in [2.24, 2.45) is 0 Å². The molecule has 0 spiro atoms. The molecule has 0 unspecified atom stereocenters. The molecule has 0 aromatic heterocycles. The van der Waals surface area contributed by atoms with Crippen LogP contribution in [0.4, 0.5) is 13.2 Å². The lowest BCUT2D eigenvalue weighted by molar-refractivity contribution is 0.112. The average Bonchev–Trinajstić information content (AvgIpc) is 2.36. The van der Waals surface area contributed by atoms with Crippen LogP contribution in [0.1, 0.15) is 10.4 Å². The summed E-state index contributed by atoms with van der Waals surface area (Å²) in [6, 6.07) is 6.27. The molecule has 0 radical (unpaired) electrons. The number of hydrogen-bond acceptors (Lipinski definition) is 2. The third-order valence-corrected chi connectivity index (χ3v) is 2.22. The Labute approximate surface area is 101 Å². The first-order valence-electron chi connectivity index (χ1n) is 4.98. The number of benzene rings is 2. The molecule has 0 bridgehead atoms. The Balaban J connectivity index is 2.33. The molecule has 0 saturated heterocycles. The van der Waals surface area contributed by atoms with Crippen molar-refractivity contribution in [2.75, 3.05) is 0 Å². The topological polar surface area (TPSA) is 26.3 Å². The third-order valence-electron chi connectivity index (χ3n) is 2.22. The Morgan fingerprint density at radius 1 is 0.944 bits per heavy atom. The van der Waals surface area contributed by atoms with Gasteiger partial charge in [0.15, 0.2) is 17.9 Å². The molecule has 5 heteroatoms. The summed E-state index contributed by atoms with van der Waals surface area (Å²) in [6.45, 7) is 0. The molecule has 0 saturated carbocycles. The van der Waals surface area contributed by atoms with Crippen molar-refractivity contribution in [2.45, 2.75) is 0 Å². The van der Waals surface area contributed by atoms with Gasteiger partial charge in [-0.05, 0) is 30.3 Å². The number of rotatable bonds is 3. The summed E-state index contributed by atoms with van der Waals surface area (Å²) in [5, 5.41) is 0. The molecule has 2 aromatic carbocycles. The van der Waals surface area contributed by atoms with Crippen LogP contribution in [0.3, 0.4) is 0 Å². The first kappa shape index (κ1) is 12.2. The molecule has 0 aliphatic carbocycles. The first-order chi connectivity index (χ1) is 8.60. The molecule has 0 aliphatic heterocycles. The van der Waals surface area contributed by atoms with Crippen LogP contribution >= 0.6 is 0 Å². The normalized spacial score (nSPS) is 10.2. The molecular formula is C13H7F3O2. The van der Waals surface area contributed by atoms with Gasteiger partial charge in [0.1, 0.15) is 17.3 Å². The lowest BCUT2D eigenvalue weighted by Gasteiger charge is -2.08. The fourth-order valence-corrected chi connectivity index (χ4v) is 1.37. The summed E-state index contributed by atoms with van der Waals surface area (Å²) < 4.78 is 43.7. The SMILES string of the molecule is O=Cc1cc(F)ccc1Oc1ccc(F)c(F)c1.